The van der Waals surface area contributed by atoms with Gasteiger partial charge >= 0.3 is 5.97 Å². The highest BCUT2D eigenvalue weighted by Crippen LogP contribution is 2.16. The van der Waals surface area contributed by atoms with E-state index in [1.54, 1.807) is 6.20 Å². The number of carbonyl (C=O) groups is 1. The summed E-state index contributed by atoms with van der Waals surface area (Å²) in [5, 5.41) is 9.71. The largest absolute Gasteiger partial charge is 0.481 e. The molecule has 2 N–H and O–H groups in total. The molecule has 17 heavy (non-hydrogen) atoms. The molecule has 0 aliphatic carbocycles. The number of H-pyrrole nitrogens is 1. The Labute approximate surface area is 99.1 Å². The Balaban J connectivity index is 2.05. The third kappa shape index (κ3) is 2.82. The second-order valence-electron chi connectivity index (χ2n) is 4.10. The van der Waals surface area contributed by atoms with E-state index in [9.17, 15) is 4.79 Å². The van der Waals surface area contributed by atoms with E-state index in [1.165, 1.54) is 0 Å². The van der Waals surface area contributed by atoms with Gasteiger partial charge in [-0.05, 0) is 24.7 Å². The molecule has 0 saturated heterocycles. The smallest absolute Gasteiger partial charge is 0.304 e. The Bertz CT molecular complexity index is 521. The fraction of sp³-hybridized carbons (Fsp3) is 0.333. The number of hydrogen-bond acceptors (Lipinski definition) is 3. The molecule has 0 spiro atoms. The monoisotopic (exact) mass is 233 g/mol. The first-order valence-corrected chi connectivity index (χ1v) is 5.48. The quantitative estimate of drug-likeness (QED) is 0.820. The molecule has 0 saturated carbocycles. The first-order valence-electron chi connectivity index (χ1n) is 5.48. The van der Waals surface area contributed by atoms with Crippen LogP contribution in [-0.4, -0.2) is 39.5 Å². The number of hydrogen-bond donors (Lipinski definition) is 2. The molecule has 0 fully saturated rings. The van der Waals surface area contributed by atoms with Crippen molar-refractivity contribution in [2.24, 2.45) is 0 Å². The third-order valence-corrected chi connectivity index (χ3v) is 2.68. The van der Waals surface area contributed by atoms with Crippen LogP contribution in [0.25, 0.3) is 11.0 Å². The number of carboxylic acid groups (broad SMARTS) is 1. The van der Waals surface area contributed by atoms with E-state index in [1.807, 2.05) is 30.3 Å². The van der Waals surface area contributed by atoms with E-state index in [-0.39, 0.29) is 6.42 Å². The highest BCUT2D eigenvalue weighted by molar-refractivity contribution is 5.79. The summed E-state index contributed by atoms with van der Waals surface area (Å²) < 4.78 is 0. The van der Waals surface area contributed by atoms with Crippen molar-refractivity contribution in [3.05, 3.63) is 30.1 Å². The molecule has 2 rings (SSSR count). The molecule has 90 valence electrons. The molecular formula is C12H15N3O2. The van der Waals surface area contributed by atoms with Gasteiger partial charge in [0.05, 0.1) is 6.42 Å². The van der Waals surface area contributed by atoms with E-state index < -0.39 is 5.97 Å². The maximum absolute atomic E-state index is 10.5. The van der Waals surface area contributed by atoms with E-state index in [4.69, 9.17) is 5.11 Å². The summed E-state index contributed by atoms with van der Waals surface area (Å²) in [5.41, 5.74) is 2.01. The van der Waals surface area contributed by atoms with Crippen molar-refractivity contribution in [1.82, 2.24) is 14.9 Å². The summed E-state index contributed by atoms with van der Waals surface area (Å²) in [6.45, 7) is 1.27. The van der Waals surface area contributed by atoms with Gasteiger partial charge in [0.15, 0.2) is 0 Å². The Hall–Kier alpha value is -1.88. The summed E-state index contributed by atoms with van der Waals surface area (Å²) in [7, 11) is 1.91. The first-order chi connectivity index (χ1) is 8.16. The molecule has 0 aromatic carbocycles. The van der Waals surface area contributed by atoms with Crippen molar-refractivity contribution in [3.63, 3.8) is 0 Å². The van der Waals surface area contributed by atoms with Crippen LogP contribution in [0.3, 0.4) is 0 Å². The maximum atomic E-state index is 10.5. The maximum Gasteiger partial charge on any atom is 0.304 e. The number of nitrogens with one attached hydrogen (secondary N) is 1. The van der Waals surface area contributed by atoms with E-state index in [0.29, 0.717) is 6.54 Å². The van der Waals surface area contributed by atoms with E-state index in [0.717, 1.165) is 23.1 Å². The fourth-order valence-corrected chi connectivity index (χ4v) is 1.80. The highest BCUT2D eigenvalue weighted by atomic mass is 16.4. The number of pyridine rings is 1. The van der Waals surface area contributed by atoms with Crippen molar-refractivity contribution in [3.8, 4) is 0 Å². The zero-order valence-corrected chi connectivity index (χ0v) is 9.68. The average molecular weight is 233 g/mol. The average Bonchev–Trinajstić information content (AvgIpc) is 2.70. The van der Waals surface area contributed by atoms with Crippen LogP contribution in [0.5, 0.6) is 0 Å². The Morgan fingerprint density at radius 1 is 1.59 bits per heavy atom. The van der Waals surface area contributed by atoms with Crippen molar-refractivity contribution < 1.29 is 9.90 Å². The van der Waals surface area contributed by atoms with Crippen LogP contribution in [0.4, 0.5) is 0 Å². The van der Waals surface area contributed by atoms with Crippen molar-refractivity contribution in [1.29, 1.82) is 0 Å². The highest BCUT2D eigenvalue weighted by Gasteiger charge is 2.07. The number of aromatic amines is 1. The molecule has 0 amide bonds. The predicted octanol–water partition coefficient (Wildman–Crippen LogP) is 1.47. The molecule has 2 aromatic heterocycles. The first kappa shape index (κ1) is 11.6. The Morgan fingerprint density at radius 2 is 2.41 bits per heavy atom. The minimum atomic E-state index is -0.766. The second-order valence-corrected chi connectivity index (χ2v) is 4.10. The van der Waals surface area contributed by atoms with Crippen LogP contribution >= 0.6 is 0 Å². The van der Waals surface area contributed by atoms with Gasteiger partial charge in [-0.25, -0.2) is 4.98 Å². The number of rotatable bonds is 5. The van der Waals surface area contributed by atoms with Gasteiger partial charge in [-0.1, -0.05) is 0 Å². The fourth-order valence-electron chi connectivity index (χ4n) is 1.80. The lowest BCUT2D eigenvalue weighted by Gasteiger charge is -2.14. The normalized spacial score (nSPS) is 11.2. The molecule has 0 aliphatic heterocycles. The molecule has 0 unspecified atom stereocenters. The topological polar surface area (TPSA) is 69.2 Å². The van der Waals surface area contributed by atoms with E-state index >= 15 is 0 Å². The van der Waals surface area contributed by atoms with Gasteiger partial charge in [0, 0.05) is 30.9 Å². The molecule has 0 radical (unpaired) electrons. The van der Waals surface area contributed by atoms with Gasteiger partial charge in [0.2, 0.25) is 0 Å². The molecule has 5 heteroatoms. The van der Waals surface area contributed by atoms with Crippen LogP contribution in [-0.2, 0) is 11.3 Å². The number of carboxylic acids is 1. The number of aromatic nitrogens is 2. The number of fused-ring (bicyclic) bond motifs is 1. The number of nitrogens with zero attached hydrogens (tertiary/aromatic N) is 2. The van der Waals surface area contributed by atoms with Crippen LogP contribution < -0.4 is 0 Å². The molecule has 0 bridgehead atoms. The van der Waals surface area contributed by atoms with Crippen molar-refractivity contribution in [2.45, 2.75) is 13.0 Å². The summed E-state index contributed by atoms with van der Waals surface area (Å²) in [6.07, 6.45) is 3.84. The molecule has 2 aromatic rings. The summed E-state index contributed by atoms with van der Waals surface area (Å²) in [5.74, 6) is -0.766. The molecule has 2 heterocycles. The molecule has 0 aliphatic rings. The van der Waals surface area contributed by atoms with Crippen LogP contribution in [0.1, 0.15) is 12.0 Å². The molecule has 5 nitrogen and oxygen atoms in total. The summed E-state index contributed by atoms with van der Waals surface area (Å²) in [6, 6.07) is 3.91. The Kier molecular flexibility index (Phi) is 3.39. The predicted molar refractivity (Wildman–Crippen MR) is 64.7 cm³/mol. The Morgan fingerprint density at radius 3 is 3.18 bits per heavy atom. The van der Waals surface area contributed by atoms with Gasteiger partial charge in [0.25, 0.3) is 0 Å². The SMILES string of the molecule is CN(CCC(=O)O)Cc1c[nH]c2ncccc12. The van der Waals surface area contributed by atoms with E-state index in [2.05, 4.69) is 9.97 Å². The van der Waals surface area contributed by atoms with Gasteiger partial charge in [-0.3, -0.25) is 4.79 Å². The lowest BCUT2D eigenvalue weighted by atomic mass is 10.2. The van der Waals surface area contributed by atoms with Crippen molar-refractivity contribution in [2.75, 3.05) is 13.6 Å². The third-order valence-electron chi connectivity index (χ3n) is 2.68. The van der Waals surface area contributed by atoms with Gasteiger partial charge in [-0.15, -0.1) is 0 Å². The minimum Gasteiger partial charge on any atom is -0.481 e. The zero-order valence-electron chi connectivity index (χ0n) is 9.68. The van der Waals surface area contributed by atoms with Crippen LogP contribution in [0.2, 0.25) is 0 Å². The summed E-state index contributed by atoms with van der Waals surface area (Å²) >= 11 is 0. The van der Waals surface area contributed by atoms with Crippen LogP contribution in [0, 0.1) is 0 Å². The molecular weight excluding hydrogens is 218 g/mol. The zero-order chi connectivity index (χ0) is 12.3. The van der Waals surface area contributed by atoms with Gasteiger partial charge in [-0.2, -0.15) is 0 Å². The second kappa shape index (κ2) is 4.97. The molecule has 0 atom stereocenters. The van der Waals surface area contributed by atoms with Crippen molar-refractivity contribution >= 4 is 17.0 Å². The number of aliphatic carboxylic acids is 1. The van der Waals surface area contributed by atoms with Gasteiger partial charge in [0.1, 0.15) is 5.65 Å². The van der Waals surface area contributed by atoms with Gasteiger partial charge < -0.3 is 15.0 Å². The standard InChI is InChI=1S/C12H15N3O2/c1-15(6-4-11(16)17)8-9-7-14-12-10(9)3-2-5-13-12/h2-3,5,7H,4,6,8H2,1H3,(H,13,14)(H,16,17). The lowest BCUT2D eigenvalue weighted by molar-refractivity contribution is -0.137. The summed E-state index contributed by atoms with van der Waals surface area (Å²) in [4.78, 5) is 19.8. The van der Waals surface area contributed by atoms with Crippen LogP contribution in [0.15, 0.2) is 24.5 Å². The minimum absolute atomic E-state index is 0.164. The lowest BCUT2D eigenvalue weighted by Crippen LogP contribution is -2.21.